The summed E-state index contributed by atoms with van der Waals surface area (Å²) in [5.41, 5.74) is -0.165. The Kier molecular flexibility index (Phi) is 3.79. The van der Waals surface area contributed by atoms with E-state index in [1.54, 1.807) is 0 Å². The van der Waals surface area contributed by atoms with Crippen LogP contribution in [-0.4, -0.2) is 21.4 Å². The second-order valence-electron chi connectivity index (χ2n) is 3.62. The third kappa shape index (κ3) is 3.28. The number of nitrogens with one attached hydrogen (secondary N) is 1. The van der Waals surface area contributed by atoms with Crippen molar-refractivity contribution >= 4 is 17.4 Å². The number of carbonyl (C=O) groups is 1. The maximum atomic E-state index is 12.9. The molecule has 0 bridgehead atoms. The Balaban J connectivity index is 2.23. The highest BCUT2D eigenvalue weighted by Crippen LogP contribution is 2.31. The smallest absolute Gasteiger partial charge is 0.335 e. The van der Waals surface area contributed by atoms with Gasteiger partial charge in [0.15, 0.2) is 6.04 Å². The Labute approximate surface area is 110 Å². The minimum absolute atomic E-state index is 0.0928. The molecule has 2 aromatic rings. The van der Waals surface area contributed by atoms with Crippen LogP contribution in [0.15, 0.2) is 36.0 Å². The molecule has 1 atom stereocenters. The molecule has 1 unspecified atom stereocenters. The number of halogens is 3. The molecular formula is C11H8F3N3OS. The summed E-state index contributed by atoms with van der Waals surface area (Å²) >= 11 is 0.991. The highest BCUT2D eigenvalue weighted by atomic mass is 32.1. The van der Waals surface area contributed by atoms with E-state index in [0.29, 0.717) is 0 Å². The van der Waals surface area contributed by atoms with E-state index in [-0.39, 0.29) is 11.3 Å². The summed E-state index contributed by atoms with van der Waals surface area (Å²) in [4.78, 5) is 15.3. The normalized spacial score (nSPS) is 13.0. The van der Waals surface area contributed by atoms with Gasteiger partial charge >= 0.3 is 6.18 Å². The van der Waals surface area contributed by atoms with Gasteiger partial charge in [0.05, 0.1) is 17.5 Å². The molecule has 0 saturated carbocycles. The standard InChI is InChI=1S/C11H8F3N3OS/c12-11(13,14)9(8-3-1-2-4-15-8)17-10(18)7-5-16-19-6-7/h1-6,9H,(H,17,18). The summed E-state index contributed by atoms with van der Waals surface area (Å²) < 4.78 is 42.5. The van der Waals surface area contributed by atoms with Crippen LogP contribution in [0.2, 0.25) is 0 Å². The molecular weight excluding hydrogens is 279 g/mol. The molecule has 2 aromatic heterocycles. The summed E-state index contributed by atoms with van der Waals surface area (Å²) in [6.45, 7) is 0. The molecule has 0 radical (unpaired) electrons. The van der Waals surface area contributed by atoms with Gasteiger partial charge in [0.25, 0.3) is 5.91 Å². The lowest BCUT2D eigenvalue weighted by Crippen LogP contribution is -2.38. The van der Waals surface area contributed by atoms with Crippen LogP contribution in [0.25, 0.3) is 0 Å². The zero-order valence-corrected chi connectivity index (χ0v) is 10.2. The summed E-state index contributed by atoms with van der Waals surface area (Å²) in [6, 6.07) is 2.01. The van der Waals surface area contributed by atoms with Crippen LogP contribution in [0.1, 0.15) is 22.1 Å². The largest absolute Gasteiger partial charge is 0.414 e. The number of pyridine rings is 1. The fraction of sp³-hybridized carbons (Fsp3) is 0.182. The van der Waals surface area contributed by atoms with Crippen molar-refractivity contribution in [3.05, 3.63) is 47.2 Å². The third-order valence-electron chi connectivity index (χ3n) is 2.28. The maximum absolute atomic E-state index is 12.9. The van der Waals surface area contributed by atoms with Crippen LogP contribution in [0, 0.1) is 0 Å². The van der Waals surface area contributed by atoms with Crippen LogP contribution in [0.3, 0.4) is 0 Å². The van der Waals surface area contributed by atoms with Gasteiger partial charge < -0.3 is 5.32 Å². The Bertz CT molecular complexity index is 542. The van der Waals surface area contributed by atoms with Crippen LogP contribution >= 0.6 is 11.5 Å². The highest BCUT2D eigenvalue weighted by molar-refractivity contribution is 7.03. The molecule has 2 heterocycles. The van der Waals surface area contributed by atoms with Gasteiger partial charge in [-0.25, -0.2) is 4.37 Å². The number of nitrogens with zero attached hydrogens (tertiary/aromatic N) is 2. The van der Waals surface area contributed by atoms with E-state index in [1.165, 1.54) is 36.0 Å². The van der Waals surface area contributed by atoms with Crippen molar-refractivity contribution in [2.45, 2.75) is 12.2 Å². The molecule has 100 valence electrons. The van der Waals surface area contributed by atoms with Gasteiger partial charge in [-0.05, 0) is 23.7 Å². The summed E-state index contributed by atoms with van der Waals surface area (Å²) in [5, 5.41) is 3.29. The SMILES string of the molecule is O=C(NC(c1ccccn1)C(F)(F)F)c1cnsc1. The summed E-state index contributed by atoms with van der Waals surface area (Å²) in [5.74, 6) is -0.832. The molecule has 1 N–H and O–H groups in total. The number of amides is 1. The van der Waals surface area contributed by atoms with E-state index >= 15 is 0 Å². The quantitative estimate of drug-likeness (QED) is 0.944. The van der Waals surface area contributed by atoms with Crippen LogP contribution < -0.4 is 5.32 Å². The monoisotopic (exact) mass is 287 g/mol. The fourth-order valence-corrected chi connectivity index (χ4v) is 1.92. The van der Waals surface area contributed by atoms with Gasteiger partial charge in [-0.1, -0.05) is 6.07 Å². The van der Waals surface area contributed by atoms with E-state index in [1.807, 2.05) is 5.32 Å². The lowest BCUT2D eigenvalue weighted by molar-refractivity contribution is -0.156. The molecule has 0 aliphatic heterocycles. The summed E-state index contributed by atoms with van der Waals surface area (Å²) in [6.07, 6.45) is -2.16. The van der Waals surface area contributed by atoms with Crippen molar-refractivity contribution in [2.75, 3.05) is 0 Å². The van der Waals surface area contributed by atoms with Gasteiger partial charge in [-0.2, -0.15) is 13.2 Å². The van der Waals surface area contributed by atoms with Crippen molar-refractivity contribution in [3.8, 4) is 0 Å². The third-order valence-corrected chi connectivity index (χ3v) is 2.87. The van der Waals surface area contributed by atoms with Crippen molar-refractivity contribution in [2.24, 2.45) is 0 Å². The molecule has 0 saturated heterocycles. The lowest BCUT2D eigenvalue weighted by Gasteiger charge is -2.20. The molecule has 0 aromatic carbocycles. The topological polar surface area (TPSA) is 54.9 Å². The molecule has 0 aliphatic rings. The first-order valence-corrected chi connectivity index (χ1v) is 6.00. The number of alkyl halides is 3. The maximum Gasteiger partial charge on any atom is 0.414 e. The number of rotatable bonds is 3. The zero-order chi connectivity index (χ0) is 13.9. The number of hydrogen-bond acceptors (Lipinski definition) is 4. The second-order valence-corrected chi connectivity index (χ2v) is 4.27. The van der Waals surface area contributed by atoms with Gasteiger partial charge in [0, 0.05) is 11.6 Å². The van der Waals surface area contributed by atoms with Crippen LogP contribution in [-0.2, 0) is 0 Å². The van der Waals surface area contributed by atoms with Crippen molar-refractivity contribution in [1.82, 2.24) is 14.7 Å². The fourth-order valence-electron chi connectivity index (χ4n) is 1.40. The molecule has 4 nitrogen and oxygen atoms in total. The molecule has 0 aliphatic carbocycles. The van der Waals surface area contributed by atoms with Crippen molar-refractivity contribution < 1.29 is 18.0 Å². The molecule has 19 heavy (non-hydrogen) atoms. The zero-order valence-electron chi connectivity index (χ0n) is 9.39. The minimum atomic E-state index is -4.62. The van der Waals surface area contributed by atoms with E-state index in [4.69, 9.17) is 0 Å². The van der Waals surface area contributed by atoms with Gasteiger partial charge in [0.2, 0.25) is 0 Å². The minimum Gasteiger partial charge on any atom is -0.335 e. The first kappa shape index (κ1) is 13.5. The van der Waals surface area contributed by atoms with E-state index in [0.717, 1.165) is 11.5 Å². The van der Waals surface area contributed by atoms with E-state index in [2.05, 4.69) is 9.36 Å². The Morgan fingerprint density at radius 3 is 2.68 bits per heavy atom. The van der Waals surface area contributed by atoms with Crippen LogP contribution in [0.5, 0.6) is 0 Å². The van der Waals surface area contributed by atoms with E-state index in [9.17, 15) is 18.0 Å². The number of hydrogen-bond donors (Lipinski definition) is 1. The highest BCUT2D eigenvalue weighted by Gasteiger charge is 2.42. The average molecular weight is 287 g/mol. The Morgan fingerprint density at radius 1 is 1.37 bits per heavy atom. The molecule has 0 fully saturated rings. The predicted octanol–water partition coefficient (Wildman–Crippen LogP) is 2.57. The molecule has 2 rings (SSSR count). The predicted molar refractivity (Wildman–Crippen MR) is 62.6 cm³/mol. The lowest BCUT2D eigenvalue weighted by atomic mass is 10.1. The summed E-state index contributed by atoms with van der Waals surface area (Å²) in [7, 11) is 0. The molecule has 8 heteroatoms. The van der Waals surface area contributed by atoms with Crippen molar-refractivity contribution in [1.29, 1.82) is 0 Å². The first-order chi connectivity index (χ1) is 8.98. The molecule has 0 spiro atoms. The molecule has 1 amide bonds. The first-order valence-electron chi connectivity index (χ1n) is 5.16. The number of carbonyl (C=O) groups excluding carboxylic acids is 1. The Hall–Kier alpha value is -1.96. The van der Waals surface area contributed by atoms with Gasteiger partial charge in [-0.15, -0.1) is 0 Å². The van der Waals surface area contributed by atoms with Gasteiger partial charge in [0.1, 0.15) is 0 Å². The van der Waals surface area contributed by atoms with Crippen molar-refractivity contribution in [3.63, 3.8) is 0 Å². The van der Waals surface area contributed by atoms with Crippen LogP contribution in [0.4, 0.5) is 13.2 Å². The number of aromatic nitrogens is 2. The van der Waals surface area contributed by atoms with E-state index < -0.39 is 18.1 Å². The average Bonchev–Trinajstić information content (AvgIpc) is 2.89. The Morgan fingerprint density at radius 2 is 2.16 bits per heavy atom. The van der Waals surface area contributed by atoms with Gasteiger partial charge in [-0.3, -0.25) is 9.78 Å². The second kappa shape index (κ2) is 5.35.